The molecule has 1 N–H and O–H groups in total. The molecule has 174 valence electrons. The number of ketones is 1. The van der Waals surface area contributed by atoms with Crippen molar-refractivity contribution in [2.45, 2.75) is 55.7 Å². The minimum absolute atomic E-state index is 0.00988. The van der Waals surface area contributed by atoms with Crippen LogP contribution in [0, 0.1) is 5.92 Å². The van der Waals surface area contributed by atoms with Crippen molar-refractivity contribution in [3.8, 4) is 10.6 Å². The molecular formula is C23H25ClN4O4S. The Hall–Kier alpha value is -2.36. The smallest absolute Gasteiger partial charge is 0.280 e. The number of likely N-dealkylation sites (tertiary alicyclic amines) is 1. The molecule has 4 atom stereocenters. The van der Waals surface area contributed by atoms with Crippen molar-refractivity contribution in [3.63, 3.8) is 0 Å². The zero-order chi connectivity index (χ0) is 22.9. The Labute approximate surface area is 200 Å². The predicted octanol–water partition coefficient (Wildman–Crippen LogP) is 2.67. The van der Waals surface area contributed by atoms with E-state index in [4.69, 9.17) is 16.3 Å². The lowest BCUT2D eigenvalue weighted by molar-refractivity contribution is -0.139. The first-order chi connectivity index (χ1) is 16.0. The van der Waals surface area contributed by atoms with Gasteiger partial charge >= 0.3 is 0 Å². The Morgan fingerprint density at radius 2 is 2.03 bits per heavy atom. The second-order valence-corrected chi connectivity index (χ2v) is 10.4. The van der Waals surface area contributed by atoms with Crippen molar-refractivity contribution in [1.29, 1.82) is 0 Å². The second kappa shape index (κ2) is 9.48. The summed E-state index contributed by atoms with van der Waals surface area (Å²) in [6, 6.07) is 4.17. The molecule has 2 saturated heterocycles. The summed E-state index contributed by atoms with van der Waals surface area (Å²) >= 11 is 7.63. The molecule has 1 saturated carbocycles. The van der Waals surface area contributed by atoms with Gasteiger partial charge in [-0.05, 0) is 30.9 Å². The number of thiazole rings is 1. The molecule has 2 amide bonds. The van der Waals surface area contributed by atoms with Crippen molar-refractivity contribution in [3.05, 3.63) is 35.6 Å². The summed E-state index contributed by atoms with van der Waals surface area (Å²) in [5.74, 6) is -0.771. The normalized spacial score (nSPS) is 26.3. The number of rotatable bonds is 5. The Morgan fingerprint density at radius 3 is 2.79 bits per heavy atom. The number of carbonyl (C=O) groups excluding carboxylic acids is 3. The van der Waals surface area contributed by atoms with Crippen LogP contribution < -0.4 is 5.32 Å². The predicted molar refractivity (Wildman–Crippen MR) is 123 cm³/mol. The van der Waals surface area contributed by atoms with E-state index in [1.807, 2.05) is 18.2 Å². The molecule has 2 aliphatic heterocycles. The first-order valence-corrected chi connectivity index (χ1v) is 12.5. The number of carbonyl (C=O) groups is 3. The molecule has 8 nitrogen and oxygen atoms in total. The number of hydrogen-bond donors (Lipinski definition) is 1. The van der Waals surface area contributed by atoms with Crippen LogP contribution in [-0.4, -0.2) is 69.2 Å². The van der Waals surface area contributed by atoms with E-state index in [0.717, 1.165) is 42.7 Å². The SMILES string of the molecule is O=C(NC(C(=O)N1C[C@H](Cl)[C@H]2OCC(=O)[C@H]21)C1CCCCC1)c1ncc(-c2ccccn2)s1. The van der Waals surface area contributed by atoms with Gasteiger partial charge in [0.05, 0.1) is 15.9 Å². The van der Waals surface area contributed by atoms with Gasteiger partial charge in [-0.3, -0.25) is 19.4 Å². The van der Waals surface area contributed by atoms with E-state index in [-0.39, 0.29) is 35.8 Å². The Balaban J connectivity index is 1.37. The lowest BCUT2D eigenvalue weighted by Gasteiger charge is -2.34. The number of pyridine rings is 1. The summed E-state index contributed by atoms with van der Waals surface area (Å²) in [6.45, 7) is 0.208. The number of amides is 2. The van der Waals surface area contributed by atoms with Crippen LogP contribution in [0.5, 0.6) is 0 Å². The number of nitrogens with one attached hydrogen (secondary N) is 1. The van der Waals surface area contributed by atoms with Crippen molar-refractivity contribution >= 4 is 40.5 Å². The van der Waals surface area contributed by atoms with Gasteiger partial charge < -0.3 is 15.0 Å². The van der Waals surface area contributed by atoms with Crippen LogP contribution >= 0.6 is 22.9 Å². The first kappa shape index (κ1) is 22.4. The van der Waals surface area contributed by atoms with Crippen LogP contribution in [0.1, 0.15) is 41.9 Å². The topological polar surface area (TPSA) is 101 Å². The highest BCUT2D eigenvalue weighted by Gasteiger charge is 2.53. The van der Waals surface area contributed by atoms with E-state index < -0.39 is 29.5 Å². The van der Waals surface area contributed by atoms with Crippen LogP contribution in [0.2, 0.25) is 0 Å². The molecule has 0 bridgehead atoms. The van der Waals surface area contributed by atoms with E-state index in [9.17, 15) is 14.4 Å². The standard InChI is InChI=1S/C23H25ClN4O4S/c24-14-11-28(19-16(29)12-32-20(14)19)23(31)18(13-6-2-1-3-7-13)27-21(30)22-26-10-17(33-22)15-8-4-5-9-25-15/h4-5,8-10,13-14,18-20H,1-3,6-7,11-12H2,(H,27,30)/t14-,18?,19+,20+/m0/s1. The van der Waals surface area contributed by atoms with Gasteiger partial charge in [-0.15, -0.1) is 22.9 Å². The number of halogens is 1. The van der Waals surface area contributed by atoms with Crippen molar-refractivity contribution in [1.82, 2.24) is 20.2 Å². The molecule has 33 heavy (non-hydrogen) atoms. The molecule has 4 heterocycles. The molecule has 0 spiro atoms. The molecule has 0 radical (unpaired) electrons. The van der Waals surface area contributed by atoms with Crippen LogP contribution in [-0.2, 0) is 14.3 Å². The fraction of sp³-hybridized carbons (Fsp3) is 0.522. The maximum absolute atomic E-state index is 13.7. The highest BCUT2D eigenvalue weighted by atomic mass is 35.5. The zero-order valence-electron chi connectivity index (χ0n) is 18.0. The summed E-state index contributed by atoms with van der Waals surface area (Å²) in [5, 5.41) is 2.80. The summed E-state index contributed by atoms with van der Waals surface area (Å²) in [4.78, 5) is 50.1. The minimum Gasteiger partial charge on any atom is -0.366 e. The molecule has 0 aromatic carbocycles. The fourth-order valence-electron chi connectivity index (χ4n) is 5.06. The molecule has 1 aliphatic carbocycles. The molecular weight excluding hydrogens is 464 g/mol. The molecule has 1 unspecified atom stereocenters. The van der Waals surface area contributed by atoms with E-state index in [1.54, 1.807) is 12.4 Å². The third-order valence-electron chi connectivity index (χ3n) is 6.70. The van der Waals surface area contributed by atoms with Crippen LogP contribution in [0.15, 0.2) is 30.6 Å². The number of aromatic nitrogens is 2. The Kier molecular flexibility index (Phi) is 6.44. The number of ether oxygens (including phenoxy) is 1. The van der Waals surface area contributed by atoms with Gasteiger partial charge in [0.2, 0.25) is 5.91 Å². The second-order valence-electron chi connectivity index (χ2n) is 8.79. The number of hydrogen-bond acceptors (Lipinski definition) is 7. The molecule has 2 aromatic heterocycles. The highest BCUT2D eigenvalue weighted by molar-refractivity contribution is 7.16. The number of nitrogens with zero attached hydrogens (tertiary/aromatic N) is 3. The van der Waals surface area contributed by atoms with Gasteiger partial charge in [-0.2, -0.15) is 0 Å². The van der Waals surface area contributed by atoms with Crippen LogP contribution in [0.3, 0.4) is 0 Å². The first-order valence-electron chi connectivity index (χ1n) is 11.3. The van der Waals surface area contributed by atoms with Gasteiger partial charge in [0.25, 0.3) is 5.91 Å². The Bertz CT molecular complexity index is 1040. The fourth-order valence-corrected chi connectivity index (χ4v) is 6.22. The summed E-state index contributed by atoms with van der Waals surface area (Å²) in [5.41, 5.74) is 0.741. The summed E-state index contributed by atoms with van der Waals surface area (Å²) in [6.07, 6.45) is 7.68. The quantitative estimate of drug-likeness (QED) is 0.649. The van der Waals surface area contributed by atoms with Crippen molar-refractivity contribution in [2.24, 2.45) is 5.92 Å². The van der Waals surface area contributed by atoms with Gasteiger partial charge in [0.1, 0.15) is 24.8 Å². The lowest BCUT2D eigenvalue weighted by atomic mass is 9.83. The average Bonchev–Trinajstić information content (AvgIpc) is 3.56. The van der Waals surface area contributed by atoms with E-state index >= 15 is 0 Å². The minimum atomic E-state index is -0.726. The van der Waals surface area contributed by atoms with Gasteiger partial charge in [0.15, 0.2) is 10.8 Å². The largest absolute Gasteiger partial charge is 0.366 e. The molecule has 10 heteroatoms. The highest BCUT2D eigenvalue weighted by Crippen LogP contribution is 2.34. The van der Waals surface area contributed by atoms with Crippen LogP contribution in [0.4, 0.5) is 0 Å². The van der Waals surface area contributed by atoms with Crippen LogP contribution in [0.25, 0.3) is 10.6 Å². The number of Topliss-reactive ketones (excluding diaryl/α,β-unsaturated/α-hetero) is 1. The van der Waals surface area contributed by atoms with Gasteiger partial charge in [-0.25, -0.2) is 4.98 Å². The van der Waals surface area contributed by atoms with E-state index in [1.165, 1.54) is 16.2 Å². The van der Waals surface area contributed by atoms with Crippen molar-refractivity contribution < 1.29 is 19.1 Å². The van der Waals surface area contributed by atoms with E-state index in [2.05, 4.69) is 15.3 Å². The molecule has 3 aliphatic rings. The third-order valence-corrected chi connectivity index (χ3v) is 8.10. The average molecular weight is 489 g/mol. The van der Waals surface area contributed by atoms with Gasteiger partial charge in [0, 0.05) is 18.9 Å². The number of fused-ring (bicyclic) bond motifs is 1. The Morgan fingerprint density at radius 1 is 1.21 bits per heavy atom. The maximum atomic E-state index is 13.7. The monoisotopic (exact) mass is 488 g/mol. The summed E-state index contributed by atoms with van der Waals surface area (Å²) in [7, 11) is 0. The third kappa shape index (κ3) is 4.41. The van der Waals surface area contributed by atoms with Crippen molar-refractivity contribution in [2.75, 3.05) is 13.2 Å². The molecule has 5 rings (SSSR count). The molecule has 3 fully saturated rings. The number of alkyl halides is 1. The van der Waals surface area contributed by atoms with Gasteiger partial charge in [-0.1, -0.05) is 25.3 Å². The molecule has 2 aromatic rings. The maximum Gasteiger partial charge on any atom is 0.280 e. The van der Waals surface area contributed by atoms with E-state index in [0.29, 0.717) is 0 Å². The summed E-state index contributed by atoms with van der Waals surface area (Å²) < 4.78 is 5.53. The zero-order valence-corrected chi connectivity index (χ0v) is 19.6. The lowest BCUT2D eigenvalue weighted by Crippen LogP contribution is -2.55.